The van der Waals surface area contributed by atoms with E-state index in [2.05, 4.69) is 11.3 Å². The Hall–Kier alpha value is -1.32. The Morgan fingerprint density at radius 2 is 2.36 bits per heavy atom. The molecule has 0 spiro atoms. The maximum atomic E-state index is 11.2. The van der Waals surface area contributed by atoms with Crippen molar-refractivity contribution in [2.24, 2.45) is 0 Å². The maximum absolute atomic E-state index is 11.2. The summed E-state index contributed by atoms with van der Waals surface area (Å²) in [5.41, 5.74) is 0.795. The summed E-state index contributed by atoms with van der Waals surface area (Å²) in [6.45, 7) is 1.81. The van der Waals surface area contributed by atoms with Crippen LogP contribution in [0.3, 0.4) is 0 Å². The van der Waals surface area contributed by atoms with Crippen LogP contribution in [0.15, 0.2) is 6.07 Å². The number of rotatable bonds is 0. The van der Waals surface area contributed by atoms with E-state index in [0.717, 1.165) is 5.69 Å². The van der Waals surface area contributed by atoms with Gasteiger partial charge in [0.15, 0.2) is 0 Å². The van der Waals surface area contributed by atoms with E-state index < -0.39 is 0 Å². The molecular formula is C7H10N3O. The van der Waals surface area contributed by atoms with Crippen LogP contribution in [-0.4, -0.2) is 34.8 Å². The van der Waals surface area contributed by atoms with Crippen LogP contribution in [0.1, 0.15) is 5.69 Å². The third-order valence-electron chi connectivity index (χ3n) is 1.33. The fraction of sp³-hybridized carbons (Fsp3) is 0.429. The zero-order chi connectivity index (χ0) is 8.43. The van der Waals surface area contributed by atoms with Crippen molar-refractivity contribution in [1.29, 1.82) is 0 Å². The van der Waals surface area contributed by atoms with E-state index in [0.29, 0.717) is 0 Å². The second kappa shape index (κ2) is 2.74. The molecule has 1 aromatic rings. The molecular weight excluding hydrogens is 142 g/mol. The van der Waals surface area contributed by atoms with Crippen molar-refractivity contribution in [3.63, 3.8) is 0 Å². The molecule has 1 radical (unpaired) electrons. The van der Waals surface area contributed by atoms with Crippen LogP contribution >= 0.6 is 0 Å². The minimum Gasteiger partial charge on any atom is -0.329 e. The van der Waals surface area contributed by atoms with E-state index in [1.165, 1.54) is 9.58 Å². The van der Waals surface area contributed by atoms with Gasteiger partial charge in [0.05, 0.1) is 0 Å². The highest BCUT2D eigenvalue weighted by molar-refractivity contribution is 5.75. The van der Waals surface area contributed by atoms with Crippen molar-refractivity contribution in [3.8, 4) is 0 Å². The van der Waals surface area contributed by atoms with Crippen LogP contribution in [0.2, 0.25) is 0 Å². The van der Waals surface area contributed by atoms with Gasteiger partial charge in [-0.25, -0.2) is 4.79 Å². The molecule has 0 aliphatic heterocycles. The molecule has 0 atom stereocenters. The summed E-state index contributed by atoms with van der Waals surface area (Å²) in [4.78, 5) is 12.7. The van der Waals surface area contributed by atoms with Crippen LogP contribution in [0, 0.1) is 13.1 Å². The Morgan fingerprint density at radius 1 is 1.73 bits per heavy atom. The standard InChI is InChI=1S/C7H10N3O/c1-6-4-5-8-10(6)7(11)9(2)3/h4H,1-3H3. The molecule has 0 aromatic carbocycles. The molecule has 0 saturated heterocycles. The molecule has 1 aromatic heterocycles. The summed E-state index contributed by atoms with van der Waals surface area (Å²) in [5, 5.41) is 3.74. The number of aromatic nitrogens is 2. The molecule has 0 unspecified atom stereocenters. The van der Waals surface area contributed by atoms with Crippen molar-refractivity contribution in [2.45, 2.75) is 6.92 Å². The van der Waals surface area contributed by atoms with Crippen molar-refractivity contribution < 1.29 is 4.79 Å². The van der Waals surface area contributed by atoms with E-state index in [1.54, 1.807) is 20.2 Å². The number of aryl methyl sites for hydroxylation is 1. The summed E-state index contributed by atoms with van der Waals surface area (Å²) in [6, 6.07) is 1.52. The zero-order valence-corrected chi connectivity index (χ0v) is 6.83. The van der Waals surface area contributed by atoms with Crippen molar-refractivity contribution >= 4 is 6.03 Å². The molecule has 1 heterocycles. The Morgan fingerprint density at radius 3 is 2.73 bits per heavy atom. The van der Waals surface area contributed by atoms with Crippen LogP contribution in [0.25, 0.3) is 0 Å². The smallest absolute Gasteiger partial charge is 0.329 e. The first-order valence-electron chi connectivity index (χ1n) is 3.27. The predicted molar refractivity (Wildman–Crippen MR) is 40.3 cm³/mol. The lowest BCUT2D eigenvalue weighted by atomic mass is 10.5. The van der Waals surface area contributed by atoms with Gasteiger partial charge in [0.2, 0.25) is 0 Å². The van der Waals surface area contributed by atoms with Crippen LogP contribution in [0.4, 0.5) is 4.79 Å². The summed E-state index contributed by atoms with van der Waals surface area (Å²) in [6.07, 6.45) is 2.60. The lowest BCUT2D eigenvalue weighted by Gasteiger charge is -2.10. The van der Waals surface area contributed by atoms with E-state index in [9.17, 15) is 4.79 Å². The number of hydrogen-bond acceptors (Lipinski definition) is 2. The van der Waals surface area contributed by atoms with Gasteiger partial charge in [-0.3, -0.25) is 0 Å². The van der Waals surface area contributed by atoms with Crippen LogP contribution in [0.5, 0.6) is 0 Å². The van der Waals surface area contributed by atoms with Gasteiger partial charge in [0.1, 0.15) is 6.20 Å². The van der Waals surface area contributed by atoms with Crippen LogP contribution in [-0.2, 0) is 0 Å². The topological polar surface area (TPSA) is 38.1 Å². The van der Waals surface area contributed by atoms with E-state index in [4.69, 9.17) is 0 Å². The molecule has 4 nitrogen and oxygen atoms in total. The first kappa shape index (κ1) is 7.78. The van der Waals surface area contributed by atoms with Crippen LogP contribution < -0.4 is 0 Å². The lowest BCUT2D eigenvalue weighted by molar-refractivity contribution is 0.215. The SMILES string of the molecule is Cc1c[c]nn1C(=O)N(C)C. The third kappa shape index (κ3) is 1.39. The Bertz CT molecular complexity index is 264. The van der Waals surface area contributed by atoms with Gasteiger partial charge in [-0.05, 0) is 13.0 Å². The van der Waals surface area contributed by atoms with Gasteiger partial charge in [-0.15, -0.1) is 0 Å². The summed E-state index contributed by atoms with van der Waals surface area (Å²) >= 11 is 0. The first-order chi connectivity index (χ1) is 5.13. The fourth-order valence-electron chi connectivity index (χ4n) is 0.703. The molecule has 0 aliphatic rings. The van der Waals surface area contributed by atoms with Gasteiger partial charge in [-0.1, -0.05) is 0 Å². The first-order valence-corrected chi connectivity index (χ1v) is 3.27. The van der Waals surface area contributed by atoms with Crippen molar-refractivity contribution in [1.82, 2.24) is 14.7 Å². The Balaban J connectivity index is 2.93. The molecule has 0 N–H and O–H groups in total. The molecule has 59 valence electrons. The molecule has 0 fully saturated rings. The van der Waals surface area contributed by atoms with Gasteiger partial charge >= 0.3 is 6.03 Å². The molecule has 0 bridgehead atoms. The minimum absolute atomic E-state index is 0.149. The van der Waals surface area contributed by atoms with Gasteiger partial charge < -0.3 is 4.90 Å². The summed E-state index contributed by atoms with van der Waals surface area (Å²) in [5.74, 6) is 0. The molecule has 11 heavy (non-hydrogen) atoms. The average molecular weight is 152 g/mol. The number of nitrogens with zero attached hydrogens (tertiary/aromatic N) is 3. The quantitative estimate of drug-likeness (QED) is 0.543. The monoisotopic (exact) mass is 152 g/mol. The number of amides is 1. The summed E-state index contributed by atoms with van der Waals surface area (Å²) < 4.78 is 1.31. The highest BCUT2D eigenvalue weighted by Gasteiger charge is 2.08. The largest absolute Gasteiger partial charge is 0.344 e. The Kier molecular flexibility index (Phi) is 1.94. The maximum Gasteiger partial charge on any atom is 0.344 e. The number of carbonyl (C=O) groups excluding carboxylic acids is 1. The van der Waals surface area contributed by atoms with Gasteiger partial charge in [0, 0.05) is 19.8 Å². The fourth-order valence-corrected chi connectivity index (χ4v) is 0.703. The highest BCUT2D eigenvalue weighted by Crippen LogP contribution is 1.96. The lowest BCUT2D eigenvalue weighted by Crippen LogP contribution is -2.28. The summed E-state index contributed by atoms with van der Waals surface area (Å²) in [7, 11) is 3.37. The molecule has 1 rings (SSSR count). The normalized spacial score (nSPS) is 9.73. The van der Waals surface area contributed by atoms with E-state index in [1.807, 2.05) is 6.92 Å². The highest BCUT2D eigenvalue weighted by atomic mass is 16.2. The van der Waals surface area contributed by atoms with Crippen molar-refractivity contribution in [2.75, 3.05) is 14.1 Å². The molecule has 4 heteroatoms. The van der Waals surface area contributed by atoms with E-state index >= 15 is 0 Å². The van der Waals surface area contributed by atoms with Gasteiger partial charge in [-0.2, -0.15) is 9.78 Å². The molecule has 1 amide bonds. The second-order valence-electron chi connectivity index (χ2n) is 2.50. The number of hydrogen-bond donors (Lipinski definition) is 0. The molecule has 0 saturated carbocycles. The van der Waals surface area contributed by atoms with Crippen molar-refractivity contribution in [3.05, 3.63) is 18.0 Å². The van der Waals surface area contributed by atoms with Gasteiger partial charge in [0.25, 0.3) is 0 Å². The average Bonchev–Trinajstić information content (AvgIpc) is 2.33. The second-order valence-corrected chi connectivity index (χ2v) is 2.50. The Labute approximate surface area is 65.4 Å². The third-order valence-corrected chi connectivity index (χ3v) is 1.33. The molecule has 0 aliphatic carbocycles. The minimum atomic E-state index is -0.149. The zero-order valence-electron chi connectivity index (χ0n) is 6.83. The van der Waals surface area contributed by atoms with E-state index in [-0.39, 0.29) is 6.03 Å². The predicted octanol–water partition coefficient (Wildman–Crippen LogP) is 0.521. The number of carbonyl (C=O) groups is 1.